The second kappa shape index (κ2) is 3.63. The van der Waals surface area contributed by atoms with E-state index in [-0.39, 0.29) is 6.04 Å². The highest BCUT2D eigenvalue weighted by atomic mass is 19.4. The Balaban J connectivity index is 1.96. The largest absolute Gasteiger partial charge is 0.435 e. The van der Waals surface area contributed by atoms with Gasteiger partial charge in [-0.25, -0.2) is 4.68 Å². The van der Waals surface area contributed by atoms with Crippen LogP contribution in [0.25, 0.3) is 0 Å². The molecule has 3 heterocycles. The fraction of sp³-hybridized carbons (Fsp3) is 0.700. The van der Waals surface area contributed by atoms with Crippen LogP contribution in [0.4, 0.5) is 19.0 Å². The van der Waals surface area contributed by atoms with Gasteiger partial charge in [-0.3, -0.25) is 0 Å². The minimum Gasteiger partial charge on any atom is -0.370 e. The Morgan fingerprint density at radius 2 is 2.18 bits per heavy atom. The third-order valence-corrected chi connectivity index (χ3v) is 3.45. The Kier molecular flexibility index (Phi) is 2.32. The van der Waals surface area contributed by atoms with Crippen LogP contribution in [-0.2, 0) is 6.18 Å². The molecule has 0 saturated carbocycles. The zero-order valence-electron chi connectivity index (χ0n) is 9.09. The number of nitrogens with zero attached hydrogens (tertiary/aromatic N) is 2. The summed E-state index contributed by atoms with van der Waals surface area (Å²) in [5, 5.41) is 9.97. The van der Waals surface area contributed by atoms with Crippen molar-refractivity contribution in [2.45, 2.75) is 18.6 Å². The number of halogens is 3. The van der Waals surface area contributed by atoms with Crippen molar-refractivity contribution in [1.29, 1.82) is 0 Å². The van der Waals surface area contributed by atoms with E-state index in [0.29, 0.717) is 18.3 Å². The molecule has 2 N–H and O–H groups in total. The fourth-order valence-electron chi connectivity index (χ4n) is 2.59. The highest BCUT2D eigenvalue weighted by Crippen LogP contribution is 2.36. The fourth-order valence-corrected chi connectivity index (χ4v) is 2.59. The Bertz CT molecular complexity index is 426. The molecule has 1 fully saturated rings. The first-order valence-electron chi connectivity index (χ1n) is 5.67. The Labute approximate surface area is 96.2 Å². The first-order valence-corrected chi connectivity index (χ1v) is 5.67. The lowest BCUT2D eigenvalue weighted by Gasteiger charge is -2.37. The van der Waals surface area contributed by atoms with E-state index < -0.39 is 11.9 Å². The summed E-state index contributed by atoms with van der Waals surface area (Å²) < 4.78 is 39.3. The third-order valence-electron chi connectivity index (χ3n) is 3.45. The summed E-state index contributed by atoms with van der Waals surface area (Å²) in [5.74, 6) is 0.803. The smallest absolute Gasteiger partial charge is 0.370 e. The molecule has 0 bridgehead atoms. The van der Waals surface area contributed by atoms with Crippen molar-refractivity contribution in [1.82, 2.24) is 15.1 Å². The van der Waals surface area contributed by atoms with E-state index in [4.69, 9.17) is 0 Å². The zero-order valence-corrected chi connectivity index (χ0v) is 9.09. The summed E-state index contributed by atoms with van der Waals surface area (Å²) in [6.07, 6.45) is -3.53. The molecule has 2 aliphatic heterocycles. The number of hydrogen-bond donors (Lipinski definition) is 2. The SMILES string of the molecule is FC(F)(F)c1cc2n(n1)C1CCNCC1CN2. The maximum absolute atomic E-state index is 12.6. The van der Waals surface area contributed by atoms with Gasteiger partial charge >= 0.3 is 6.18 Å². The highest BCUT2D eigenvalue weighted by Gasteiger charge is 2.39. The Morgan fingerprint density at radius 3 is 2.94 bits per heavy atom. The molecule has 3 rings (SSSR count). The van der Waals surface area contributed by atoms with E-state index >= 15 is 0 Å². The summed E-state index contributed by atoms with van der Waals surface area (Å²) in [6.45, 7) is 2.38. The highest BCUT2D eigenvalue weighted by molar-refractivity contribution is 5.40. The van der Waals surface area contributed by atoms with Crippen LogP contribution in [0.15, 0.2) is 6.07 Å². The van der Waals surface area contributed by atoms with Gasteiger partial charge in [0.2, 0.25) is 0 Å². The van der Waals surface area contributed by atoms with Gasteiger partial charge in [-0.1, -0.05) is 0 Å². The molecule has 2 aliphatic rings. The number of piperidine rings is 1. The number of alkyl halides is 3. The van der Waals surface area contributed by atoms with Crippen LogP contribution >= 0.6 is 0 Å². The topological polar surface area (TPSA) is 41.9 Å². The molecular formula is C10H13F3N4. The van der Waals surface area contributed by atoms with Gasteiger partial charge in [-0.05, 0) is 13.0 Å². The molecule has 0 amide bonds. The molecule has 94 valence electrons. The monoisotopic (exact) mass is 246 g/mol. The summed E-state index contributed by atoms with van der Waals surface area (Å²) >= 11 is 0. The molecule has 7 heteroatoms. The van der Waals surface area contributed by atoms with Gasteiger partial charge in [0.05, 0.1) is 6.04 Å². The van der Waals surface area contributed by atoms with Crippen LogP contribution in [0.2, 0.25) is 0 Å². The summed E-state index contributed by atoms with van der Waals surface area (Å²) in [5.41, 5.74) is -0.806. The first kappa shape index (κ1) is 10.9. The number of nitrogens with one attached hydrogen (secondary N) is 2. The lowest BCUT2D eigenvalue weighted by molar-refractivity contribution is -0.141. The standard InChI is InChI=1S/C10H13F3N4/c11-10(12,13)8-3-9-15-5-6-4-14-2-1-7(6)17(9)16-8/h3,6-7,14-15H,1-2,4-5H2. The van der Waals surface area contributed by atoms with E-state index in [1.807, 2.05) is 0 Å². The average molecular weight is 246 g/mol. The number of rotatable bonds is 0. The number of anilines is 1. The van der Waals surface area contributed by atoms with Crippen molar-refractivity contribution in [3.63, 3.8) is 0 Å². The minimum atomic E-state index is -4.37. The van der Waals surface area contributed by atoms with Crippen LogP contribution in [0.3, 0.4) is 0 Å². The van der Waals surface area contributed by atoms with Crippen LogP contribution < -0.4 is 10.6 Å². The maximum Gasteiger partial charge on any atom is 0.435 e. The molecule has 1 aromatic heterocycles. The normalized spacial score (nSPS) is 28.2. The second-order valence-corrected chi connectivity index (χ2v) is 4.56. The summed E-state index contributed by atoms with van der Waals surface area (Å²) in [6, 6.07) is 1.18. The molecule has 2 atom stereocenters. The third kappa shape index (κ3) is 1.78. The van der Waals surface area contributed by atoms with E-state index in [0.717, 1.165) is 25.6 Å². The lowest BCUT2D eigenvalue weighted by atomic mass is 9.92. The molecule has 4 nitrogen and oxygen atoms in total. The van der Waals surface area contributed by atoms with E-state index in [9.17, 15) is 13.2 Å². The van der Waals surface area contributed by atoms with Crippen LogP contribution in [0.5, 0.6) is 0 Å². The number of aromatic nitrogens is 2. The van der Waals surface area contributed by atoms with Crippen molar-refractivity contribution in [3.8, 4) is 0 Å². The van der Waals surface area contributed by atoms with Gasteiger partial charge in [-0.2, -0.15) is 18.3 Å². The number of fused-ring (bicyclic) bond motifs is 3. The lowest BCUT2D eigenvalue weighted by Crippen LogP contribution is -2.44. The molecule has 0 radical (unpaired) electrons. The Morgan fingerprint density at radius 1 is 1.35 bits per heavy atom. The minimum absolute atomic E-state index is 0.0867. The van der Waals surface area contributed by atoms with Gasteiger partial charge in [0.1, 0.15) is 5.82 Å². The van der Waals surface area contributed by atoms with Gasteiger partial charge in [0.25, 0.3) is 0 Å². The molecule has 0 aliphatic carbocycles. The molecule has 1 aromatic rings. The van der Waals surface area contributed by atoms with E-state index in [2.05, 4.69) is 15.7 Å². The summed E-state index contributed by atoms with van der Waals surface area (Å²) in [7, 11) is 0. The van der Waals surface area contributed by atoms with Crippen LogP contribution in [0, 0.1) is 5.92 Å². The van der Waals surface area contributed by atoms with Gasteiger partial charge < -0.3 is 10.6 Å². The second-order valence-electron chi connectivity index (χ2n) is 4.56. The average Bonchev–Trinajstić information content (AvgIpc) is 2.72. The van der Waals surface area contributed by atoms with Gasteiger partial charge in [0, 0.05) is 25.1 Å². The first-order chi connectivity index (χ1) is 8.05. The predicted molar refractivity (Wildman–Crippen MR) is 55.7 cm³/mol. The molecular weight excluding hydrogens is 233 g/mol. The molecule has 1 saturated heterocycles. The van der Waals surface area contributed by atoms with Crippen molar-refractivity contribution < 1.29 is 13.2 Å². The van der Waals surface area contributed by atoms with Crippen molar-refractivity contribution in [3.05, 3.63) is 11.8 Å². The van der Waals surface area contributed by atoms with Gasteiger partial charge in [0.15, 0.2) is 5.69 Å². The molecule has 2 unspecified atom stereocenters. The van der Waals surface area contributed by atoms with Gasteiger partial charge in [-0.15, -0.1) is 0 Å². The van der Waals surface area contributed by atoms with E-state index in [1.165, 1.54) is 4.68 Å². The molecule has 0 aromatic carbocycles. The van der Waals surface area contributed by atoms with Crippen molar-refractivity contribution >= 4 is 5.82 Å². The summed E-state index contributed by atoms with van der Waals surface area (Å²) in [4.78, 5) is 0. The zero-order chi connectivity index (χ0) is 12.0. The quantitative estimate of drug-likeness (QED) is 0.728. The van der Waals surface area contributed by atoms with Crippen LogP contribution in [-0.4, -0.2) is 29.4 Å². The number of hydrogen-bond acceptors (Lipinski definition) is 3. The molecule has 0 spiro atoms. The van der Waals surface area contributed by atoms with Crippen molar-refractivity contribution in [2.75, 3.05) is 25.0 Å². The maximum atomic E-state index is 12.6. The van der Waals surface area contributed by atoms with E-state index in [1.54, 1.807) is 0 Å². The Hall–Kier alpha value is -1.24. The molecule has 17 heavy (non-hydrogen) atoms. The van der Waals surface area contributed by atoms with Crippen LogP contribution in [0.1, 0.15) is 18.2 Å². The predicted octanol–water partition coefficient (Wildman–Crippen LogP) is 1.48. The van der Waals surface area contributed by atoms with Crippen molar-refractivity contribution in [2.24, 2.45) is 5.92 Å².